The molecule has 0 aliphatic carbocycles. The van der Waals surface area contributed by atoms with E-state index in [-0.39, 0.29) is 12.2 Å². The number of carbonyl (C=O) groups excluding carboxylic acids is 1. The molecule has 2 rings (SSSR count). The molecule has 0 radical (unpaired) electrons. The zero-order valence-electron chi connectivity index (χ0n) is 8.74. The maximum absolute atomic E-state index is 11.4. The molecular formula is C11H13NO3. The van der Waals surface area contributed by atoms with Crippen molar-refractivity contribution in [3.63, 3.8) is 0 Å². The minimum atomic E-state index is -0.293. The van der Waals surface area contributed by atoms with Crippen molar-refractivity contribution in [1.82, 2.24) is 5.32 Å². The third kappa shape index (κ3) is 1.73. The number of hydrogen-bond donors (Lipinski definition) is 1. The molecule has 0 fully saturated rings. The van der Waals surface area contributed by atoms with Crippen LogP contribution >= 0.6 is 0 Å². The number of methoxy groups -OCH3 is 1. The Bertz CT molecular complexity index is 389. The van der Waals surface area contributed by atoms with Crippen LogP contribution in [0.3, 0.4) is 0 Å². The fraction of sp³-hybridized carbons (Fsp3) is 0.364. The second-order valence-electron chi connectivity index (χ2n) is 3.37. The molecule has 1 aromatic carbocycles. The first-order chi connectivity index (χ1) is 7.26. The zero-order chi connectivity index (χ0) is 10.8. The van der Waals surface area contributed by atoms with Crippen molar-refractivity contribution in [3.05, 3.63) is 34.9 Å². The van der Waals surface area contributed by atoms with Gasteiger partial charge in [0.25, 0.3) is 5.91 Å². The van der Waals surface area contributed by atoms with Crippen LogP contribution in [0.25, 0.3) is 0 Å². The Labute approximate surface area is 88.2 Å². The van der Waals surface area contributed by atoms with E-state index in [4.69, 9.17) is 9.47 Å². The number of ether oxygens (including phenoxy) is 2. The summed E-state index contributed by atoms with van der Waals surface area (Å²) >= 11 is 0. The summed E-state index contributed by atoms with van der Waals surface area (Å²) in [6.45, 7) is 0.499. The van der Waals surface area contributed by atoms with Crippen molar-refractivity contribution < 1.29 is 14.3 Å². The molecule has 1 amide bonds. The summed E-state index contributed by atoms with van der Waals surface area (Å²) < 4.78 is 10.5. The molecule has 4 heteroatoms. The van der Waals surface area contributed by atoms with Gasteiger partial charge in [-0.15, -0.1) is 0 Å². The van der Waals surface area contributed by atoms with Gasteiger partial charge in [-0.05, 0) is 17.7 Å². The molecular weight excluding hydrogens is 194 g/mol. The molecule has 1 heterocycles. The van der Waals surface area contributed by atoms with Gasteiger partial charge in [0, 0.05) is 25.3 Å². The number of benzene rings is 1. The lowest BCUT2D eigenvalue weighted by molar-refractivity contribution is -0.118. The van der Waals surface area contributed by atoms with Crippen molar-refractivity contribution in [2.45, 2.75) is 12.9 Å². The van der Waals surface area contributed by atoms with Gasteiger partial charge < -0.3 is 14.8 Å². The summed E-state index contributed by atoms with van der Waals surface area (Å²) in [4.78, 5) is 11.4. The molecule has 0 saturated heterocycles. The Balaban J connectivity index is 2.33. The van der Waals surface area contributed by atoms with Crippen LogP contribution in [0.2, 0.25) is 0 Å². The number of rotatable bonds is 2. The Hall–Kier alpha value is -1.39. The highest BCUT2D eigenvalue weighted by atomic mass is 16.7. The maximum atomic E-state index is 11.4. The van der Waals surface area contributed by atoms with Crippen LogP contribution < -0.4 is 5.32 Å². The topological polar surface area (TPSA) is 47.6 Å². The van der Waals surface area contributed by atoms with Gasteiger partial charge in [-0.1, -0.05) is 6.07 Å². The van der Waals surface area contributed by atoms with Gasteiger partial charge in [0.2, 0.25) is 0 Å². The van der Waals surface area contributed by atoms with Gasteiger partial charge >= 0.3 is 0 Å². The maximum Gasteiger partial charge on any atom is 0.251 e. The van der Waals surface area contributed by atoms with E-state index in [2.05, 4.69) is 5.32 Å². The number of nitrogens with one attached hydrogen (secondary N) is 1. The lowest BCUT2D eigenvalue weighted by Gasteiger charge is -2.08. The van der Waals surface area contributed by atoms with Crippen LogP contribution in [0.4, 0.5) is 0 Å². The van der Waals surface area contributed by atoms with E-state index in [0.717, 1.165) is 11.1 Å². The standard InChI is InChI=1S/C11H13NO3/c1-12-10(13)7-3-4-9-8(5-7)6-15-11(9)14-2/h3-5,11H,6H2,1-2H3,(H,12,13). The molecule has 1 unspecified atom stereocenters. The lowest BCUT2D eigenvalue weighted by atomic mass is 10.1. The predicted octanol–water partition coefficient (Wildman–Crippen LogP) is 1.22. The van der Waals surface area contributed by atoms with E-state index in [9.17, 15) is 4.79 Å². The molecule has 80 valence electrons. The smallest absolute Gasteiger partial charge is 0.251 e. The number of amides is 1. The molecule has 0 aromatic heterocycles. The van der Waals surface area contributed by atoms with Crippen molar-refractivity contribution in [3.8, 4) is 0 Å². The van der Waals surface area contributed by atoms with Crippen molar-refractivity contribution in [2.24, 2.45) is 0 Å². The number of fused-ring (bicyclic) bond motifs is 1. The Morgan fingerprint density at radius 2 is 2.40 bits per heavy atom. The fourth-order valence-corrected chi connectivity index (χ4v) is 1.70. The first-order valence-corrected chi connectivity index (χ1v) is 4.75. The molecule has 1 aliphatic heterocycles. The highest BCUT2D eigenvalue weighted by Gasteiger charge is 2.23. The van der Waals surface area contributed by atoms with Gasteiger partial charge in [0.1, 0.15) is 0 Å². The molecule has 1 atom stereocenters. The summed E-state index contributed by atoms with van der Waals surface area (Å²) in [6, 6.07) is 5.49. The summed E-state index contributed by atoms with van der Waals surface area (Å²) in [5.41, 5.74) is 2.67. The number of hydrogen-bond acceptors (Lipinski definition) is 3. The Morgan fingerprint density at radius 3 is 3.07 bits per heavy atom. The van der Waals surface area contributed by atoms with E-state index in [1.807, 2.05) is 12.1 Å². The van der Waals surface area contributed by atoms with Crippen LogP contribution in [0.5, 0.6) is 0 Å². The van der Waals surface area contributed by atoms with Crippen LogP contribution in [0.1, 0.15) is 27.8 Å². The van der Waals surface area contributed by atoms with Gasteiger partial charge in [0.05, 0.1) is 6.61 Å². The molecule has 0 bridgehead atoms. The molecule has 15 heavy (non-hydrogen) atoms. The third-order valence-electron chi connectivity index (χ3n) is 2.49. The average molecular weight is 207 g/mol. The van der Waals surface area contributed by atoms with Crippen LogP contribution in [0, 0.1) is 0 Å². The minimum Gasteiger partial charge on any atom is -0.355 e. The quantitative estimate of drug-likeness (QED) is 0.793. The second-order valence-corrected chi connectivity index (χ2v) is 3.37. The van der Waals surface area contributed by atoms with Crippen molar-refractivity contribution >= 4 is 5.91 Å². The molecule has 4 nitrogen and oxygen atoms in total. The van der Waals surface area contributed by atoms with E-state index >= 15 is 0 Å². The highest BCUT2D eigenvalue weighted by Crippen LogP contribution is 2.31. The monoisotopic (exact) mass is 207 g/mol. The summed E-state index contributed by atoms with van der Waals surface area (Å²) in [5.74, 6) is -0.0846. The number of carbonyl (C=O) groups is 1. The van der Waals surface area contributed by atoms with E-state index in [0.29, 0.717) is 12.2 Å². The lowest BCUT2D eigenvalue weighted by Crippen LogP contribution is -2.17. The molecule has 1 aliphatic rings. The average Bonchev–Trinajstić information content (AvgIpc) is 2.69. The SMILES string of the molecule is CNC(=O)c1ccc2c(c1)COC2OC. The van der Waals surface area contributed by atoms with E-state index in [1.54, 1.807) is 20.2 Å². The normalized spacial score (nSPS) is 18.7. The van der Waals surface area contributed by atoms with Crippen LogP contribution in [0.15, 0.2) is 18.2 Å². The highest BCUT2D eigenvalue weighted by molar-refractivity contribution is 5.94. The van der Waals surface area contributed by atoms with Gasteiger partial charge in [-0.3, -0.25) is 4.79 Å². The minimum absolute atomic E-state index is 0.0846. The third-order valence-corrected chi connectivity index (χ3v) is 2.49. The first kappa shape index (κ1) is 10.1. The second kappa shape index (κ2) is 4.00. The Morgan fingerprint density at radius 1 is 1.60 bits per heavy atom. The van der Waals surface area contributed by atoms with Crippen LogP contribution in [-0.2, 0) is 16.1 Å². The molecule has 0 spiro atoms. The van der Waals surface area contributed by atoms with Crippen molar-refractivity contribution in [2.75, 3.05) is 14.2 Å². The Kier molecular flexibility index (Phi) is 2.70. The van der Waals surface area contributed by atoms with Crippen LogP contribution in [-0.4, -0.2) is 20.1 Å². The molecule has 1 aromatic rings. The van der Waals surface area contributed by atoms with Gasteiger partial charge in [-0.25, -0.2) is 0 Å². The predicted molar refractivity (Wildman–Crippen MR) is 54.4 cm³/mol. The fourth-order valence-electron chi connectivity index (χ4n) is 1.70. The summed E-state index contributed by atoms with van der Waals surface area (Å²) in [5, 5.41) is 2.59. The zero-order valence-corrected chi connectivity index (χ0v) is 8.74. The summed E-state index contributed by atoms with van der Waals surface area (Å²) in [6.07, 6.45) is -0.293. The molecule has 1 N–H and O–H groups in total. The van der Waals surface area contributed by atoms with Gasteiger partial charge in [0.15, 0.2) is 6.29 Å². The first-order valence-electron chi connectivity index (χ1n) is 4.75. The van der Waals surface area contributed by atoms with Crippen molar-refractivity contribution in [1.29, 1.82) is 0 Å². The largest absolute Gasteiger partial charge is 0.355 e. The molecule has 0 saturated carbocycles. The van der Waals surface area contributed by atoms with E-state index in [1.165, 1.54) is 0 Å². The summed E-state index contributed by atoms with van der Waals surface area (Å²) in [7, 11) is 3.22. The van der Waals surface area contributed by atoms with Gasteiger partial charge in [-0.2, -0.15) is 0 Å². The van der Waals surface area contributed by atoms with E-state index < -0.39 is 0 Å².